The highest BCUT2D eigenvalue weighted by molar-refractivity contribution is 7.89. The molecule has 29 heavy (non-hydrogen) atoms. The van der Waals surface area contributed by atoms with Crippen molar-refractivity contribution in [2.75, 3.05) is 26.2 Å². The Bertz CT molecular complexity index is 948. The summed E-state index contributed by atoms with van der Waals surface area (Å²) in [5.41, 5.74) is 2.74. The number of hydrogen-bond donors (Lipinski definition) is 1. The highest BCUT2D eigenvalue weighted by Gasteiger charge is 2.28. The first-order chi connectivity index (χ1) is 13.8. The van der Waals surface area contributed by atoms with Crippen molar-refractivity contribution < 1.29 is 13.2 Å². The molecule has 0 aromatic heterocycles. The summed E-state index contributed by atoms with van der Waals surface area (Å²) in [5.74, 6) is -0.0733. The summed E-state index contributed by atoms with van der Waals surface area (Å²) in [7, 11) is -3.45. The largest absolute Gasteiger partial charge is 0.350 e. The number of carbonyl (C=O) groups excluding carboxylic acids is 1. The van der Waals surface area contributed by atoms with Gasteiger partial charge in [0.1, 0.15) is 0 Å². The van der Waals surface area contributed by atoms with Crippen LogP contribution < -0.4 is 5.32 Å². The van der Waals surface area contributed by atoms with Gasteiger partial charge in [-0.1, -0.05) is 29.8 Å². The number of amides is 1. The number of aryl methyl sites for hydroxylation is 1. The van der Waals surface area contributed by atoms with Crippen molar-refractivity contribution in [2.24, 2.45) is 0 Å². The van der Waals surface area contributed by atoms with Gasteiger partial charge in [-0.25, -0.2) is 8.42 Å². The van der Waals surface area contributed by atoms with Gasteiger partial charge < -0.3 is 5.32 Å². The number of nitrogens with one attached hydrogen (secondary N) is 1. The molecule has 1 aliphatic rings. The fourth-order valence-corrected chi connectivity index (χ4v) is 4.82. The Morgan fingerprint density at radius 1 is 1.03 bits per heavy atom. The molecule has 0 bridgehead atoms. The van der Waals surface area contributed by atoms with Crippen molar-refractivity contribution >= 4 is 15.9 Å². The van der Waals surface area contributed by atoms with E-state index < -0.39 is 10.0 Å². The molecule has 0 spiro atoms. The first-order valence-electron chi connectivity index (χ1n) is 9.94. The number of rotatable bonds is 6. The van der Waals surface area contributed by atoms with Gasteiger partial charge in [0.05, 0.1) is 4.90 Å². The number of sulfonamides is 1. The van der Waals surface area contributed by atoms with Gasteiger partial charge in [0.25, 0.3) is 5.91 Å². The van der Waals surface area contributed by atoms with Crippen LogP contribution in [0.2, 0.25) is 0 Å². The topological polar surface area (TPSA) is 69.7 Å². The van der Waals surface area contributed by atoms with E-state index in [4.69, 9.17) is 0 Å². The molecule has 1 saturated heterocycles. The summed E-state index contributed by atoms with van der Waals surface area (Å²) in [6.07, 6.45) is 0. The Balaban J connectivity index is 1.60. The Hall–Kier alpha value is -2.22. The van der Waals surface area contributed by atoms with E-state index in [1.165, 1.54) is 0 Å². The van der Waals surface area contributed by atoms with E-state index in [2.05, 4.69) is 10.2 Å². The Morgan fingerprint density at radius 3 is 2.31 bits per heavy atom. The van der Waals surface area contributed by atoms with Crippen LogP contribution in [0.3, 0.4) is 0 Å². The lowest BCUT2D eigenvalue weighted by Gasteiger charge is -2.34. The first kappa shape index (κ1) is 21.5. The molecular weight excluding hydrogens is 386 g/mol. The fraction of sp³-hybridized carbons (Fsp3) is 0.409. The van der Waals surface area contributed by atoms with Crippen molar-refractivity contribution in [3.63, 3.8) is 0 Å². The highest BCUT2D eigenvalue weighted by atomic mass is 32.2. The lowest BCUT2D eigenvalue weighted by molar-refractivity contribution is 0.0942. The summed E-state index contributed by atoms with van der Waals surface area (Å²) < 4.78 is 27.2. The molecule has 7 heteroatoms. The summed E-state index contributed by atoms with van der Waals surface area (Å²) in [6, 6.07) is 14.7. The maximum Gasteiger partial charge on any atom is 0.251 e. The van der Waals surface area contributed by atoms with Gasteiger partial charge in [-0.3, -0.25) is 9.69 Å². The zero-order valence-electron chi connectivity index (χ0n) is 17.3. The fourth-order valence-electron chi connectivity index (χ4n) is 3.40. The van der Waals surface area contributed by atoms with Gasteiger partial charge in [0.2, 0.25) is 10.0 Å². The molecule has 0 unspecified atom stereocenters. The average Bonchev–Trinajstić information content (AvgIpc) is 2.68. The van der Waals surface area contributed by atoms with Gasteiger partial charge >= 0.3 is 0 Å². The maximum absolute atomic E-state index is 12.8. The Labute approximate surface area is 173 Å². The third-order valence-electron chi connectivity index (χ3n) is 5.01. The van der Waals surface area contributed by atoms with E-state index >= 15 is 0 Å². The molecule has 2 aromatic carbocycles. The second-order valence-electron chi connectivity index (χ2n) is 7.82. The Morgan fingerprint density at radius 2 is 1.69 bits per heavy atom. The van der Waals surface area contributed by atoms with Crippen LogP contribution in [-0.4, -0.2) is 55.8 Å². The van der Waals surface area contributed by atoms with Crippen LogP contribution in [-0.2, 0) is 16.6 Å². The summed E-state index contributed by atoms with van der Waals surface area (Å²) >= 11 is 0. The molecule has 3 rings (SSSR count). The van der Waals surface area contributed by atoms with Crippen molar-refractivity contribution in [3.05, 3.63) is 65.2 Å². The predicted molar refractivity (Wildman–Crippen MR) is 114 cm³/mol. The van der Waals surface area contributed by atoms with Crippen molar-refractivity contribution in [3.8, 4) is 0 Å². The number of carbonyl (C=O) groups is 1. The summed E-state index contributed by atoms with van der Waals surface area (Å²) in [5, 5.41) is 2.91. The molecule has 2 aromatic rings. The lowest BCUT2D eigenvalue weighted by atomic mass is 10.1. The molecule has 0 aliphatic carbocycles. The molecule has 1 fully saturated rings. The monoisotopic (exact) mass is 415 g/mol. The number of hydrogen-bond acceptors (Lipinski definition) is 4. The minimum absolute atomic E-state index is 0.0733. The lowest BCUT2D eigenvalue weighted by Crippen LogP contribution is -2.48. The molecule has 0 saturated carbocycles. The minimum Gasteiger partial charge on any atom is -0.350 e. The van der Waals surface area contributed by atoms with E-state index in [-0.39, 0.29) is 11.9 Å². The van der Waals surface area contributed by atoms with Gasteiger partial charge in [-0.2, -0.15) is 4.31 Å². The number of piperazine rings is 1. The zero-order chi connectivity index (χ0) is 21.0. The second kappa shape index (κ2) is 9.07. The van der Waals surface area contributed by atoms with Crippen molar-refractivity contribution in [1.82, 2.24) is 14.5 Å². The Kier molecular flexibility index (Phi) is 6.72. The smallest absolute Gasteiger partial charge is 0.251 e. The standard InChI is InChI=1S/C22H29N3O3S/c1-17(2)23-22(26)20-6-4-5-19(15-20)16-24-11-13-25(14-12-24)29(27,28)21-9-7-18(3)8-10-21/h4-10,15,17H,11-14,16H2,1-3H3,(H,23,26). The van der Waals surface area contributed by atoms with Gasteiger partial charge in [0, 0.05) is 44.3 Å². The third-order valence-corrected chi connectivity index (χ3v) is 6.92. The van der Waals surface area contributed by atoms with Crippen molar-refractivity contribution in [2.45, 2.75) is 38.3 Å². The normalized spacial score (nSPS) is 16.1. The summed E-state index contributed by atoms with van der Waals surface area (Å²) in [4.78, 5) is 14.8. The van der Waals surface area contributed by atoms with Crippen LogP contribution in [0.4, 0.5) is 0 Å². The summed E-state index contributed by atoms with van der Waals surface area (Å²) in [6.45, 7) is 8.75. The van der Waals surface area contributed by atoms with E-state index in [9.17, 15) is 13.2 Å². The van der Waals surface area contributed by atoms with Gasteiger partial charge in [-0.05, 0) is 50.6 Å². The minimum atomic E-state index is -3.45. The van der Waals surface area contributed by atoms with Gasteiger partial charge in [-0.15, -0.1) is 0 Å². The second-order valence-corrected chi connectivity index (χ2v) is 9.76. The van der Waals surface area contributed by atoms with Crippen LogP contribution in [0, 0.1) is 6.92 Å². The number of nitrogens with zero attached hydrogens (tertiary/aromatic N) is 2. The van der Waals surface area contributed by atoms with E-state index in [0.29, 0.717) is 43.2 Å². The quantitative estimate of drug-likeness (QED) is 0.788. The van der Waals surface area contributed by atoms with Gasteiger partial charge in [0.15, 0.2) is 0 Å². The van der Waals surface area contributed by atoms with E-state index in [0.717, 1.165) is 11.1 Å². The molecule has 1 N–H and O–H groups in total. The molecule has 1 aliphatic heterocycles. The zero-order valence-corrected chi connectivity index (χ0v) is 18.1. The molecular formula is C22H29N3O3S. The van der Waals surface area contributed by atoms with Crippen LogP contribution >= 0.6 is 0 Å². The average molecular weight is 416 g/mol. The third kappa shape index (κ3) is 5.44. The molecule has 1 heterocycles. The maximum atomic E-state index is 12.8. The van der Waals surface area contributed by atoms with Crippen LogP contribution in [0.1, 0.15) is 35.3 Å². The predicted octanol–water partition coefficient (Wildman–Crippen LogP) is 2.64. The molecule has 156 valence electrons. The van der Waals surface area contributed by atoms with Crippen LogP contribution in [0.5, 0.6) is 0 Å². The number of benzene rings is 2. The first-order valence-corrected chi connectivity index (χ1v) is 11.4. The molecule has 6 nitrogen and oxygen atoms in total. The van der Waals surface area contributed by atoms with E-state index in [1.807, 2.05) is 57.2 Å². The van der Waals surface area contributed by atoms with Crippen molar-refractivity contribution in [1.29, 1.82) is 0 Å². The molecule has 1 amide bonds. The van der Waals surface area contributed by atoms with E-state index in [1.54, 1.807) is 16.4 Å². The van der Waals surface area contributed by atoms with Crippen LogP contribution in [0.15, 0.2) is 53.4 Å². The molecule has 0 radical (unpaired) electrons. The highest BCUT2D eigenvalue weighted by Crippen LogP contribution is 2.19. The van der Waals surface area contributed by atoms with Crippen LogP contribution in [0.25, 0.3) is 0 Å². The molecule has 0 atom stereocenters. The SMILES string of the molecule is Cc1ccc(S(=O)(=O)N2CCN(Cc3cccc(C(=O)NC(C)C)c3)CC2)cc1.